The summed E-state index contributed by atoms with van der Waals surface area (Å²) in [5.74, 6) is -0.331. The number of hydrogen-bond donors (Lipinski definition) is 4. The lowest BCUT2D eigenvalue weighted by atomic mass is 9.91. The quantitative estimate of drug-likeness (QED) is 0.211. The summed E-state index contributed by atoms with van der Waals surface area (Å²) in [4.78, 5) is 20.9. The first-order valence-corrected chi connectivity index (χ1v) is 12.0. The van der Waals surface area contributed by atoms with Crippen LogP contribution in [0.5, 0.6) is 0 Å². The zero-order valence-electron chi connectivity index (χ0n) is 20.0. The fourth-order valence-corrected chi connectivity index (χ4v) is 4.17. The molecule has 0 aliphatic carbocycles. The normalized spacial score (nSPS) is 11.3. The van der Waals surface area contributed by atoms with Gasteiger partial charge in [0.25, 0.3) is 5.91 Å². The van der Waals surface area contributed by atoms with Gasteiger partial charge in [0, 0.05) is 21.3 Å². The standard InChI is InChI=1S/C27H23Cl2N7O/c1-15-5-3-4-6-19(15)27(37)36-35-26-24(31)25(32-14-33-26)34-23-12-22(29)20(11-16(23)2)21(13-30)17-7-9-18(28)10-8-17/h3-12,14,21H,31H2,1-2H3,(H,36,37)(H2,32,33,34,35). The van der Waals surface area contributed by atoms with Gasteiger partial charge in [0.15, 0.2) is 11.6 Å². The Balaban J connectivity index is 1.54. The average molecular weight is 532 g/mol. The minimum Gasteiger partial charge on any atom is -0.393 e. The Morgan fingerprint density at radius 3 is 2.41 bits per heavy atom. The van der Waals surface area contributed by atoms with E-state index in [1.807, 2.05) is 44.2 Å². The van der Waals surface area contributed by atoms with Crippen molar-refractivity contribution in [2.75, 3.05) is 16.5 Å². The molecular formula is C27H23Cl2N7O. The molecule has 1 heterocycles. The van der Waals surface area contributed by atoms with Crippen LogP contribution in [0.4, 0.5) is 23.0 Å². The maximum atomic E-state index is 12.5. The van der Waals surface area contributed by atoms with Gasteiger partial charge in [-0.05, 0) is 60.4 Å². The number of aryl methyl sites for hydroxylation is 2. The number of rotatable bonds is 7. The Kier molecular flexibility index (Phi) is 7.77. The van der Waals surface area contributed by atoms with Crippen molar-refractivity contribution < 1.29 is 4.79 Å². The van der Waals surface area contributed by atoms with E-state index in [-0.39, 0.29) is 17.4 Å². The van der Waals surface area contributed by atoms with Crippen molar-refractivity contribution >= 4 is 52.1 Å². The van der Waals surface area contributed by atoms with E-state index in [0.29, 0.717) is 32.7 Å². The van der Waals surface area contributed by atoms with Crippen molar-refractivity contribution in [1.29, 1.82) is 5.26 Å². The number of benzene rings is 3. The number of carbonyl (C=O) groups excluding carboxylic acids is 1. The molecule has 0 spiro atoms. The van der Waals surface area contributed by atoms with Crippen molar-refractivity contribution in [3.05, 3.63) is 105 Å². The molecule has 0 aliphatic heterocycles. The van der Waals surface area contributed by atoms with Gasteiger partial charge >= 0.3 is 0 Å². The maximum absolute atomic E-state index is 12.5. The molecule has 5 N–H and O–H groups in total. The second-order valence-electron chi connectivity index (χ2n) is 8.31. The highest BCUT2D eigenvalue weighted by Crippen LogP contribution is 2.36. The second-order valence-corrected chi connectivity index (χ2v) is 9.15. The number of carbonyl (C=O) groups is 1. The van der Waals surface area contributed by atoms with Gasteiger partial charge in [-0.3, -0.25) is 15.6 Å². The Morgan fingerprint density at radius 1 is 1.00 bits per heavy atom. The average Bonchev–Trinajstić information content (AvgIpc) is 2.88. The van der Waals surface area contributed by atoms with E-state index in [2.05, 4.69) is 32.2 Å². The Labute approximate surface area is 224 Å². The molecule has 1 amide bonds. The number of nitrogens with two attached hydrogens (primary N) is 1. The van der Waals surface area contributed by atoms with Gasteiger partial charge in [-0.25, -0.2) is 9.97 Å². The topological polar surface area (TPSA) is 129 Å². The van der Waals surface area contributed by atoms with Gasteiger partial charge in [0.05, 0.1) is 12.0 Å². The summed E-state index contributed by atoms with van der Waals surface area (Å²) in [5, 5.41) is 14.0. The summed E-state index contributed by atoms with van der Waals surface area (Å²) < 4.78 is 0. The molecule has 0 aliphatic rings. The highest BCUT2D eigenvalue weighted by molar-refractivity contribution is 6.32. The minimum atomic E-state index is -0.561. The summed E-state index contributed by atoms with van der Waals surface area (Å²) in [5.41, 5.74) is 16.1. The van der Waals surface area contributed by atoms with E-state index >= 15 is 0 Å². The molecule has 0 bridgehead atoms. The zero-order chi connectivity index (χ0) is 26.5. The minimum absolute atomic E-state index is 0.197. The van der Waals surface area contributed by atoms with Gasteiger partial charge in [0.2, 0.25) is 0 Å². The van der Waals surface area contributed by atoms with Crippen LogP contribution in [0.2, 0.25) is 10.0 Å². The van der Waals surface area contributed by atoms with E-state index in [1.54, 1.807) is 30.3 Å². The fraction of sp³-hybridized carbons (Fsp3) is 0.111. The van der Waals surface area contributed by atoms with E-state index in [1.165, 1.54) is 6.33 Å². The van der Waals surface area contributed by atoms with Crippen LogP contribution in [0, 0.1) is 25.2 Å². The predicted octanol–water partition coefficient (Wildman–Crippen LogP) is 6.14. The van der Waals surface area contributed by atoms with Crippen LogP contribution in [-0.2, 0) is 0 Å². The van der Waals surface area contributed by atoms with Crippen LogP contribution in [0.25, 0.3) is 0 Å². The fourth-order valence-electron chi connectivity index (χ4n) is 3.77. The van der Waals surface area contributed by atoms with E-state index in [0.717, 1.165) is 16.7 Å². The first-order chi connectivity index (χ1) is 17.8. The van der Waals surface area contributed by atoms with Gasteiger partial charge in [-0.1, -0.05) is 59.6 Å². The number of anilines is 4. The van der Waals surface area contributed by atoms with Crippen LogP contribution >= 0.6 is 23.2 Å². The third-order valence-electron chi connectivity index (χ3n) is 5.81. The summed E-state index contributed by atoms with van der Waals surface area (Å²) in [6.07, 6.45) is 1.32. The number of nitrogens with one attached hydrogen (secondary N) is 3. The maximum Gasteiger partial charge on any atom is 0.269 e. The molecule has 0 fully saturated rings. The number of hydrogen-bond acceptors (Lipinski definition) is 7. The highest BCUT2D eigenvalue weighted by atomic mass is 35.5. The monoisotopic (exact) mass is 531 g/mol. The van der Waals surface area contributed by atoms with Crippen molar-refractivity contribution in [3.8, 4) is 6.07 Å². The van der Waals surface area contributed by atoms with Crippen LogP contribution in [-0.4, -0.2) is 15.9 Å². The number of amides is 1. The van der Waals surface area contributed by atoms with Gasteiger partial charge in [-0.15, -0.1) is 0 Å². The number of nitrogens with zero attached hydrogens (tertiary/aromatic N) is 3. The van der Waals surface area contributed by atoms with Crippen molar-refractivity contribution in [2.24, 2.45) is 0 Å². The first kappa shape index (κ1) is 25.8. The lowest BCUT2D eigenvalue weighted by Crippen LogP contribution is -2.30. The van der Waals surface area contributed by atoms with Crippen LogP contribution in [0.1, 0.15) is 38.5 Å². The van der Waals surface area contributed by atoms with Crippen LogP contribution < -0.4 is 21.9 Å². The molecule has 10 heteroatoms. The molecule has 37 heavy (non-hydrogen) atoms. The SMILES string of the molecule is Cc1cc(C(C#N)c2ccc(Cl)cc2)c(Cl)cc1Nc1ncnc(NNC(=O)c2ccccc2C)c1N. The van der Waals surface area contributed by atoms with E-state index in [9.17, 15) is 10.1 Å². The first-order valence-electron chi connectivity index (χ1n) is 11.2. The van der Waals surface area contributed by atoms with Crippen molar-refractivity contribution in [2.45, 2.75) is 19.8 Å². The number of nitrogen functional groups attached to an aromatic ring is 1. The third-order valence-corrected chi connectivity index (χ3v) is 6.39. The molecule has 0 saturated carbocycles. The highest BCUT2D eigenvalue weighted by Gasteiger charge is 2.19. The predicted molar refractivity (Wildman–Crippen MR) is 147 cm³/mol. The molecular weight excluding hydrogens is 509 g/mol. The number of aromatic nitrogens is 2. The summed E-state index contributed by atoms with van der Waals surface area (Å²) in [6, 6.07) is 20.2. The third kappa shape index (κ3) is 5.75. The smallest absolute Gasteiger partial charge is 0.269 e. The molecule has 1 aromatic heterocycles. The largest absolute Gasteiger partial charge is 0.393 e. The zero-order valence-corrected chi connectivity index (χ0v) is 21.5. The Morgan fingerprint density at radius 2 is 1.70 bits per heavy atom. The lowest BCUT2D eigenvalue weighted by molar-refractivity contribution is 0.0962. The lowest BCUT2D eigenvalue weighted by Gasteiger charge is -2.18. The molecule has 1 unspecified atom stereocenters. The van der Waals surface area contributed by atoms with E-state index < -0.39 is 5.92 Å². The molecule has 1 atom stereocenters. The molecule has 4 aromatic rings. The van der Waals surface area contributed by atoms with Crippen molar-refractivity contribution in [1.82, 2.24) is 15.4 Å². The van der Waals surface area contributed by atoms with Crippen LogP contribution in [0.15, 0.2) is 67.0 Å². The van der Waals surface area contributed by atoms with Gasteiger partial charge < -0.3 is 11.1 Å². The molecule has 0 radical (unpaired) electrons. The van der Waals surface area contributed by atoms with Gasteiger partial charge in [-0.2, -0.15) is 5.26 Å². The summed E-state index contributed by atoms with van der Waals surface area (Å²) in [6.45, 7) is 3.74. The molecule has 3 aromatic carbocycles. The Hall–Kier alpha value is -4.32. The molecule has 4 rings (SSSR count). The summed E-state index contributed by atoms with van der Waals surface area (Å²) >= 11 is 12.6. The second kappa shape index (κ2) is 11.2. The summed E-state index contributed by atoms with van der Waals surface area (Å²) in [7, 11) is 0. The number of halogens is 2. The molecule has 0 saturated heterocycles. The number of hydrazine groups is 1. The Bertz CT molecular complexity index is 1500. The molecule has 186 valence electrons. The van der Waals surface area contributed by atoms with Gasteiger partial charge in [0.1, 0.15) is 12.0 Å². The molecule has 8 nitrogen and oxygen atoms in total. The van der Waals surface area contributed by atoms with E-state index in [4.69, 9.17) is 28.9 Å². The number of nitriles is 1. The van der Waals surface area contributed by atoms with Crippen LogP contribution in [0.3, 0.4) is 0 Å². The van der Waals surface area contributed by atoms with Crippen molar-refractivity contribution in [3.63, 3.8) is 0 Å².